The topological polar surface area (TPSA) is 132 Å². The lowest BCUT2D eigenvalue weighted by Gasteiger charge is -2.36. The minimum absolute atomic E-state index is 0.0487. The number of hydrogen-bond acceptors (Lipinski definition) is 7. The number of aromatic amines is 2. The summed E-state index contributed by atoms with van der Waals surface area (Å²) in [5.74, 6) is -0.172. The van der Waals surface area contributed by atoms with Crippen LogP contribution in [0.15, 0.2) is 71.9 Å². The molecule has 2 amide bonds. The van der Waals surface area contributed by atoms with E-state index in [2.05, 4.69) is 20.3 Å². The summed E-state index contributed by atoms with van der Waals surface area (Å²) < 4.78 is 23.9. The van der Waals surface area contributed by atoms with Crippen LogP contribution in [-0.4, -0.2) is 93.0 Å². The van der Waals surface area contributed by atoms with Gasteiger partial charge in [-0.1, -0.05) is 29.5 Å². The zero-order chi connectivity index (χ0) is 34.1. The summed E-state index contributed by atoms with van der Waals surface area (Å²) in [5, 5.41) is 8.28. The van der Waals surface area contributed by atoms with Gasteiger partial charge in [0.1, 0.15) is 17.1 Å². The number of H-pyrrole nitrogens is 2. The number of piperazine rings is 1. The number of para-hydroxylation sites is 1. The van der Waals surface area contributed by atoms with Gasteiger partial charge in [-0.15, -0.1) is 5.10 Å². The molecule has 1 saturated heterocycles. The molecule has 49 heavy (non-hydrogen) atoms. The van der Waals surface area contributed by atoms with Crippen LogP contribution in [0.2, 0.25) is 0 Å². The maximum absolute atomic E-state index is 16.6. The van der Waals surface area contributed by atoms with Crippen LogP contribution < -0.4 is 15.2 Å². The highest BCUT2D eigenvalue weighted by atomic mass is 19.1. The lowest BCUT2D eigenvalue weighted by atomic mass is 9.93. The highest BCUT2D eigenvalue weighted by Gasteiger charge is 2.28. The maximum atomic E-state index is 16.6. The van der Waals surface area contributed by atoms with E-state index in [1.165, 1.54) is 0 Å². The second kappa shape index (κ2) is 13.4. The third kappa shape index (κ3) is 6.19. The Labute approximate surface area is 281 Å². The molecule has 1 fully saturated rings. The number of hydrogen-bond donors (Lipinski definition) is 2. The average molecular weight is 665 g/mol. The molecule has 0 radical (unpaired) electrons. The highest BCUT2D eigenvalue weighted by Crippen LogP contribution is 2.40. The molecule has 0 bridgehead atoms. The Kier molecular flexibility index (Phi) is 8.72. The highest BCUT2D eigenvalue weighted by molar-refractivity contribution is 6.05. The Morgan fingerprint density at radius 2 is 1.82 bits per heavy atom. The molecule has 13 heteroatoms. The largest absolute Gasteiger partial charge is 0.496 e. The third-order valence-electron chi connectivity index (χ3n) is 9.38. The minimum Gasteiger partial charge on any atom is -0.496 e. The van der Waals surface area contributed by atoms with Crippen molar-refractivity contribution in [3.8, 4) is 16.9 Å². The van der Waals surface area contributed by atoms with Crippen LogP contribution in [0.1, 0.15) is 34.5 Å². The Bertz CT molecular complexity index is 2110. The van der Waals surface area contributed by atoms with E-state index in [1.54, 1.807) is 52.3 Å². The molecule has 0 saturated carbocycles. The van der Waals surface area contributed by atoms with Crippen LogP contribution in [0.3, 0.4) is 0 Å². The molecule has 2 aliphatic rings. The van der Waals surface area contributed by atoms with Crippen LogP contribution in [0.4, 0.5) is 10.1 Å². The molecule has 0 spiro atoms. The smallest absolute Gasteiger partial charge is 0.271 e. The van der Waals surface area contributed by atoms with Gasteiger partial charge in [-0.2, -0.15) is 0 Å². The summed E-state index contributed by atoms with van der Waals surface area (Å²) in [6.07, 6.45) is 7.72. The summed E-state index contributed by atoms with van der Waals surface area (Å²) >= 11 is 0. The molecule has 0 atom stereocenters. The Hall–Kier alpha value is -5.72. The number of ether oxygens (including phenoxy) is 1. The van der Waals surface area contributed by atoms with Crippen molar-refractivity contribution in [1.29, 1.82) is 0 Å². The van der Waals surface area contributed by atoms with Gasteiger partial charge in [0, 0.05) is 74.6 Å². The molecule has 5 aromatic rings. The molecule has 2 N–H and O–H groups in total. The van der Waals surface area contributed by atoms with Gasteiger partial charge in [-0.25, -0.2) is 4.39 Å². The summed E-state index contributed by atoms with van der Waals surface area (Å²) in [5.41, 5.74) is 4.33. The number of halogens is 1. The van der Waals surface area contributed by atoms with Crippen molar-refractivity contribution in [3.05, 3.63) is 100 Å². The first-order valence-corrected chi connectivity index (χ1v) is 16.3. The second-order valence-electron chi connectivity index (χ2n) is 12.3. The lowest BCUT2D eigenvalue weighted by molar-refractivity contribution is -0.131. The molecular formula is C36H37FN8O4. The summed E-state index contributed by atoms with van der Waals surface area (Å²) in [6.45, 7) is 4.89. The number of carbonyl (C=O) groups is 2. The van der Waals surface area contributed by atoms with Crippen molar-refractivity contribution >= 4 is 34.0 Å². The van der Waals surface area contributed by atoms with Crippen LogP contribution in [0.25, 0.3) is 27.6 Å². The van der Waals surface area contributed by atoms with E-state index in [1.807, 2.05) is 48.2 Å². The number of nitrogens with one attached hydrogen (secondary N) is 2. The number of aryl methyl sites for hydroxylation is 2. The first kappa shape index (κ1) is 31.9. The van der Waals surface area contributed by atoms with Crippen LogP contribution >= 0.6 is 0 Å². The fraction of sp³-hybridized carbons (Fsp3) is 0.306. The van der Waals surface area contributed by atoms with E-state index < -0.39 is 5.82 Å². The first-order valence-electron chi connectivity index (χ1n) is 16.3. The summed E-state index contributed by atoms with van der Waals surface area (Å²) in [7, 11) is 1.59. The Morgan fingerprint density at radius 1 is 1.00 bits per heavy atom. The lowest BCUT2D eigenvalue weighted by Crippen LogP contribution is -2.50. The molecule has 12 nitrogen and oxygen atoms in total. The van der Waals surface area contributed by atoms with Crippen LogP contribution in [0, 0.1) is 12.7 Å². The number of nitrogens with zero attached hydrogens (tertiary/aromatic N) is 6. The number of benzene rings is 2. The van der Waals surface area contributed by atoms with E-state index in [4.69, 9.17) is 4.74 Å². The minimum atomic E-state index is -0.487. The van der Waals surface area contributed by atoms with Crippen molar-refractivity contribution in [2.24, 2.45) is 0 Å². The zero-order valence-electron chi connectivity index (χ0n) is 27.4. The van der Waals surface area contributed by atoms with Gasteiger partial charge < -0.3 is 29.4 Å². The number of methoxy groups -OCH3 is 1. The monoisotopic (exact) mass is 664 g/mol. The Balaban J connectivity index is 1.20. The van der Waals surface area contributed by atoms with Gasteiger partial charge in [0.15, 0.2) is 5.82 Å². The molecule has 2 aliphatic heterocycles. The van der Waals surface area contributed by atoms with Gasteiger partial charge in [-0.3, -0.25) is 19.1 Å². The Morgan fingerprint density at radius 3 is 2.57 bits per heavy atom. The maximum Gasteiger partial charge on any atom is 0.271 e. The molecule has 0 aliphatic carbocycles. The molecule has 3 aromatic heterocycles. The number of carbonyl (C=O) groups excluding carboxylic acids is 2. The van der Waals surface area contributed by atoms with Crippen molar-refractivity contribution in [1.82, 2.24) is 34.8 Å². The summed E-state index contributed by atoms with van der Waals surface area (Å²) in [6, 6.07) is 12.9. The third-order valence-corrected chi connectivity index (χ3v) is 9.38. The SMILES string of the molecule is COc1ccccc1-c1cc(C2=CCCN(C(=O)CCn3ccnn3)C2)c(F)c2[nH]c(C(=O)N3CCN(c4c(C)cc[nH]c4=O)CC3)cc12. The number of rotatable bonds is 8. The number of amides is 2. The molecule has 252 valence electrons. The predicted octanol–water partition coefficient (Wildman–Crippen LogP) is 4.24. The van der Waals surface area contributed by atoms with Gasteiger partial charge in [0.2, 0.25) is 5.91 Å². The average Bonchev–Trinajstić information content (AvgIpc) is 3.82. The number of anilines is 1. The fourth-order valence-electron chi connectivity index (χ4n) is 6.84. The standard InChI is InChI=1S/C36H37FN8O4/c1-23-9-11-38-35(47)34(23)42-16-18-43(19-17-42)36(48)29-21-28-27(25-7-3-4-8-30(25)49-2)20-26(32(37)33(28)40-29)24-6-5-13-44(22-24)31(46)10-14-45-15-12-39-41-45/h3-4,6-9,11-12,15,20-21,40H,5,10,13-14,16-19,22H2,1-2H3,(H,38,47). The van der Waals surface area contributed by atoms with E-state index in [9.17, 15) is 14.4 Å². The van der Waals surface area contributed by atoms with Gasteiger partial charge in [0.25, 0.3) is 11.5 Å². The molecule has 0 unspecified atom stereocenters. The predicted molar refractivity (Wildman–Crippen MR) is 184 cm³/mol. The molecule has 2 aromatic carbocycles. The van der Waals surface area contributed by atoms with Crippen LogP contribution in [-0.2, 0) is 11.3 Å². The fourth-order valence-corrected chi connectivity index (χ4v) is 6.84. The van der Waals surface area contributed by atoms with Crippen molar-refractivity contribution in [2.75, 3.05) is 51.3 Å². The van der Waals surface area contributed by atoms with E-state index in [0.29, 0.717) is 79.2 Å². The van der Waals surface area contributed by atoms with Gasteiger partial charge >= 0.3 is 0 Å². The number of fused-ring (bicyclic) bond motifs is 1. The molecular weight excluding hydrogens is 627 g/mol. The zero-order valence-corrected chi connectivity index (χ0v) is 27.4. The van der Waals surface area contributed by atoms with E-state index in [0.717, 1.165) is 11.1 Å². The number of pyridine rings is 1. The quantitative estimate of drug-likeness (QED) is 0.254. The summed E-state index contributed by atoms with van der Waals surface area (Å²) in [4.78, 5) is 50.9. The van der Waals surface area contributed by atoms with Crippen molar-refractivity contribution < 1.29 is 18.7 Å². The molecule has 5 heterocycles. The first-order chi connectivity index (χ1) is 23.8. The molecule has 7 rings (SSSR count). The van der Waals surface area contributed by atoms with Crippen LogP contribution in [0.5, 0.6) is 5.75 Å². The van der Waals surface area contributed by atoms with E-state index in [-0.39, 0.29) is 41.5 Å². The number of aromatic nitrogens is 5. The van der Waals surface area contributed by atoms with E-state index >= 15 is 4.39 Å². The second-order valence-corrected chi connectivity index (χ2v) is 12.3. The van der Waals surface area contributed by atoms with Gasteiger partial charge in [-0.05, 0) is 54.3 Å². The van der Waals surface area contributed by atoms with Crippen molar-refractivity contribution in [2.45, 2.75) is 26.3 Å². The van der Waals surface area contributed by atoms with Gasteiger partial charge in [0.05, 0.1) is 25.4 Å². The normalized spacial score (nSPS) is 15.1. The van der Waals surface area contributed by atoms with Crippen molar-refractivity contribution in [3.63, 3.8) is 0 Å².